The summed E-state index contributed by atoms with van der Waals surface area (Å²) in [4.78, 5) is 2.33. The Bertz CT molecular complexity index is 520. The van der Waals surface area contributed by atoms with Crippen molar-refractivity contribution in [1.82, 2.24) is 5.32 Å². The molecule has 100 valence electrons. The molecule has 2 aromatic carbocycles. The summed E-state index contributed by atoms with van der Waals surface area (Å²) < 4.78 is 0. The fraction of sp³-hybridized carbons (Fsp3) is 0.294. The third-order valence-electron chi connectivity index (χ3n) is 3.39. The van der Waals surface area contributed by atoms with E-state index in [4.69, 9.17) is 0 Å². The first-order valence-corrected chi connectivity index (χ1v) is 6.83. The van der Waals surface area contributed by atoms with Crippen molar-refractivity contribution in [1.29, 1.82) is 0 Å². The van der Waals surface area contributed by atoms with Gasteiger partial charge in [0.25, 0.3) is 0 Å². The number of anilines is 2. The third-order valence-corrected chi connectivity index (χ3v) is 3.39. The van der Waals surface area contributed by atoms with Gasteiger partial charge in [-0.05, 0) is 56.3 Å². The zero-order valence-electron chi connectivity index (χ0n) is 12.0. The lowest BCUT2D eigenvalue weighted by atomic mass is 10.1. The maximum atomic E-state index is 3.21. The average molecular weight is 254 g/mol. The van der Waals surface area contributed by atoms with Crippen LogP contribution in [0, 0.1) is 6.92 Å². The minimum Gasteiger partial charge on any atom is -0.342 e. The van der Waals surface area contributed by atoms with Crippen molar-refractivity contribution in [3.8, 4) is 0 Å². The summed E-state index contributed by atoms with van der Waals surface area (Å²) in [5.74, 6) is 0. The molecular formula is C17H22N2. The summed E-state index contributed by atoms with van der Waals surface area (Å²) in [5, 5.41) is 3.21. The molecule has 2 rings (SSSR count). The average Bonchev–Trinajstić information content (AvgIpc) is 2.44. The van der Waals surface area contributed by atoms with E-state index in [9.17, 15) is 0 Å². The molecular weight excluding hydrogens is 232 g/mol. The number of nitrogens with one attached hydrogen (secondary N) is 1. The van der Waals surface area contributed by atoms with Gasteiger partial charge in [0.2, 0.25) is 0 Å². The molecule has 0 atom stereocenters. The van der Waals surface area contributed by atoms with Crippen LogP contribution in [-0.2, 0) is 6.54 Å². The fourth-order valence-corrected chi connectivity index (χ4v) is 2.36. The van der Waals surface area contributed by atoms with Crippen LogP contribution in [0.2, 0.25) is 0 Å². The van der Waals surface area contributed by atoms with Gasteiger partial charge in [0, 0.05) is 24.5 Å². The number of para-hydroxylation sites is 1. The van der Waals surface area contributed by atoms with E-state index in [1.807, 2.05) is 7.05 Å². The van der Waals surface area contributed by atoms with Gasteiger partial charge in [0.15, 0.2) is 0 Å². The predicted octanol–water partition coefficient (Wildman–Crippen LogP) is 3.87. The molecule has 0 aromatic heterocycles. The van der Waals surface area contributed by atoms with Crippen LogP contribution in [0.15, 0.2) is 48.5 Å². The van der Waals surface area contributed by atoms with Crippen LogP contribution >= 0.6 is 0 Å². The molecule has 0 saturated heterocycles. The van der Waals surface area contributed by atoms with Crippen molar-refractivity contribution in [3.05, 3.63) is 59.7 Å². The Hall–Kier alpha value is -1.80. The largest absolute Gasteiger partial charge is 0.342 e. The van der Waals surface area contributed by atoms with Gasteiger partial charge in [-0.25, -0.2) is 0 Å². The van der Waals surface area contributed by atoms with E-state index in [-0.39, 0.29) is 0 Å². The van der Waals surface area contributed by atoms with Crippen molar-refractivity contribution < 1.29 is 0 Å². The zero-order valence-corrected chi connectivity index (χ0v) is 12.0. The molecule has 0 heterocycles. The van der Waals surface area contributed by atoms with Gasteiger partial charge in [0.1, 0.15) is 0 Å². The van der Waals surface area contributed by atoms with E-state index in [1.54, 1.807) is 0 Å². The van der Waals surface area contributed by atoms with Crippen molar-refractivity contribution in [2.24, 2.45) is 0 Å². The second-order valence-electron chi connectivity index (χ2n) is 4.72. The lowest BCUT2D eigenvalue weighted by molar-refractivity contribution is 0.812. The Kier molecular flexibility index (Phi) is 4.58. The molecule has 2 heteroatoms. The standard InChI is InChI=1S/C17H22N2/c1-4-19(16-8-6-5-7-9-16)17-11-10-15(13-18-3)14(2)12-17/h5-12,18H,4,13H2,1-3H3. The van der Waals surface area contributed by atoms with E-state index in [2.05, 4.69) is 72.6 Å². The van der Waals surface area contributed by atoms with Crippen LogP contribution in [0.1, 0.15) is 18.1 Å². The van der Waals surface area contributed by atoms with Crippen molar-refractivity contribution in [2.75, 3.05) is 18.5 Å². The Balaban J connectivity index is 2.32. The minimum absolute atomic E-state index is 0.920. The summed E-state index contributed by atoms with van der Waals surface area (Å²) in [6.45, 7) is 6.25. The Morgan fingerprint density at radius 1 is 1.00 bits per heavy atom. The van der Waals surface area contributed by atoms with Gasteiger partial charge in [-0.15, -0.1) is 0 Å². The number of benzene rings is 2. The minimum atomic E-state index is 0.920. The van der Waals surface area contributed by atoms with E-state index >= 15 is 0 Å². The fourth-order valence-electron chi connectivity index (χ4n) is 2.36. The smallest absolute Gasteiger partial charge is 0.0413 e. The highest BCUT2D eigenvalue weighted by Crippen LogP contribution is 2.26. The quantitative estimate of drug-likeness (QED) is 0.871. The predicted molar refractivity (Wildman–Crippen MR) is 83.1 cm³/mol. The molecule has 2 aromatic rings. The monoisotopic (exact) mass is 254 g/mol. The molecule has 0 saturated carbocycles. The first-order chi connectivity index (χ1) is 9.26. The molecule has 0 aliphatic heterocycles. The molecule has 0 fully saturated rings. The van der Waals surface area contributed by atoms with Crippen LogP contribution in [0.3, 0.4) is 0 Å². The van der Waals surface area contributed by atoms with Gasteiger partial charge in [0.05, 0.1) is 0 Å². The number of hydrogen-bond donors (Lipinski definition) is 1. The Morgan fingerprint density at radius 2 is 1.74 bits per heavy atom. The second-order valence-corrected chi connectivity index (χ2v) is 4.72. The highest BCUT2D eigenvalue weighted by Gasteiger charge is 2.08. The SMILES string of the molecule is CCN(c1ccccc1)c1ccc(CNC)c(C)c1. The van der Waals surface area contributed by atoms with Gasteiger partial charge in [-0.1, -0.05) is 24.3 Å². The van der Waals surface area contributed by atoms with E-state index in [1.165, 1.54) is 22.5 Å². The number of aryl methyl sites for hydroxylation is 1. The van der Waals surface area contributed by atoms with Crippen molar-refractivity contribution >= 4 is 11.4 Å². The second kappa shape index (κ2) is 6.39. The summed E-state index contributed by atoms with van der Waals surface area (Å²) in [6.07, 6.45) is 0. The van der Waals surface area contributed by atoms with Crippen molar-refractivity contribution in [2.45, 2.75) is 20.4 Å². The van der Waals surface area contributed by atoms with Gasteiger partial charge in [-0.2, -0.15) is 0 Å². The molecule has 2 nitrogen and oxygen atoms in total. The van der Waals surface area contributed by atoms with Crippen molar-refractivity contribution in [3.63, 3.8) is 0 Å². The Morgan fingerprint density at radius 3 is 2.32 bits per heavy atom. The summed E-state index contributed by atoms with van der Waals surface area (Å²) in [6, 6.07) is 17.2. The van der Waals surface area contributed by atoms with Crippen LogP contribution in [0.5, 0.6) is 0 Å². The molecule has 0 unspecified atom stereocenters. The summed E-state index contributed by atoms with van der Waals surface area (Å²) in [5.41, 5.74) is 5.19. The number of rotatable bonds is 5. The maximum Gasteiger partial charge on any atom is 0.0413 e. The maximum absolute atomic E-state index is 3.21. The number of nitrogens with zero attached hydrogens (tertiary/aromatic N) is 1. The van der Waals surface area contributed by atoms with E-state index in [0.29, 0.717) is 0 Å². The lowest BCUT2D eigenvalue weighted by Crippen LogP contribution is -2.16. The van der Waals surface area contributed by atoms with Crippen LogP contribution in [-0.4, -0.2) is 13.6 Å². The lowest BCUT2D eigenvalue weighted by Gasteiger charge is -2.24. The molecule has 0 aliphatic rings. The molecule has 0 radical (unpaired) electrons. The Labute approximate surface area is 116 Å². The molecule has 0 spiro atoms. The summed E-state index contributed by atoms with van der Waals surface area (Å²) >= 11 is 0. The molecule has 0 aliphatic carbocycles. The normalized spacial score (nSPS) is 10.5. The van der Waals surface area contributed by atoms with Crippen LogP contribution in [0.25, 0.3) is 0 Å². The van der Waals surface area contributed by atoms with Crippen LogP contribution in [0.4, 0.5) is 11.4 Å². The molecule has 19 heavy (non-hydrogen) atoms. The van der Waals surface area contributed by atoms with E-state index in [0.717, 1.165) is 13.1 Å². The molecule has 1 N–H and O–H groups in total. The number of hydrogen-bond acceptors (Lipinski definition) is 2. The first-order valence-electron chi connectivity index (χ1n) is 6.83. The molecule has 0 bridgehead atoms. The highest BCUT2D eigenvalue weighted by molar-refractivity contribution is 5.64. The van der Waals surface area contributed by atoms with Crippen LogP contribution < -0.4 is 10.2 Å². The zero-order chi connectivity index (χ0) is 13.7. The van der Waals surface area contributed by atoms with Gasteiger partial charge >= 0.3 is 0 Å². The van der Waals surface area contributed by atoms with Gasteiger partial charge < -0.3 is 10.2 Å². The third kappa shape index (κ3) is 3.15. The summed E-state index contributed by atoms with van der Waals surface area (Å²) in [7, 11) is 1.98. The highest BCUT2D eigenvalue weighted by atomic mass is 15.1. The topological polar surface area (TPSA) is 15.3 Å². The first kappa shape index (κ1) is 13.6. The van der Waals surface area contributed by atoms with Gasteiger partial charge in [-0.3, -0.25) is 0 Å². The van der Waals surface area contributed by atoms with E-state index < -0.39 is 0 Å². The molecule has 0 amide bonds.